The third kappa shape index (κ3) is 4.30. The highest BCUT2D eigenvalue weighted by Crippen LogP contribution is 2.25. The van der Waals surface area contributed by atoms with Crippen LogP contribution in [-0.2, 0) is 9.84 Å². The highest BCUT2D eigenvalue weighted by molar-refractivity contribution is 7.91. The number of carbonyl (C=O) groups excluding carboxylic acids is 1. The van der Waals surface area contributed by atoms with E-state index >= 15 is 0 Å². The van der Waals surface area contributed by atoms with E-state index in [1.165, 1.54) is 0 Å². The fourth-order valence-electron chi connectivity index (χ4n) is 3.58. The van der Waals surface area contributed by atoms with Crippen molar-refractivity contribution in [2.24, 2.45) is 0 Å². The topological polar surface area (TPSA) is 79.4 Å². The summed E-state index contributed by atoms with van der Waals surface area (Å²) in [5, 5.41) is 2.95. The van der Waals surface area contributed by atoms with E-state index in [1.54, 1.807) is 12.3 Å². The normalized spacial score (nSPS) is 18.3. The Hall–Kier alpha value is -2.41. The van der Waals surface area contributed by atoms with E-state index in [1.807, 2.05) is 49.9 Å². The number of carbonyl (C=O) groups is 1. The molecular formula is C20H25N3O3S. The van der Waals surface area contributed by atoms with Crippen LogP contribution in [0.3, 0.4) is 0 Å². The van der Waals surface area contributed by atoms with Crippen molar-refractivity contribution in [1.82, 2.24) is 4.98 Å². The average Bonchev–Trinajstić information content (AvgIpc) is 2.98. The van der Waals surface area contributed by atoms with Crippen LogP contribution >= 0.6 is 0 Å². The molecule has 0 bridgehead atoms. The zero-order valence-corrected chi connectivity index (χ0v) is 16.7. The minimum atomic E-state index is -2.97. The molecule has 1 atom stereocenters. The molecule has 3 rings (SSSR count). The molecule has 7 heteroatoms. The Labute approximate surface area is 160 Å². The quantitative estimate of drug-likeness (QED) is 0.853. The maximum Gasteiger partial charge on any atom is 0.274 e. The third-order valence-electron chi connectivity index (χ3n) is 5.02. The highest BCUT2D eigenvalue weighted by Gasteiger charge is 2.32. The summed E-state index contributed by atoms with van der Waals surface area (Å²) in [6.45, 7) is 6.56. The molecule has 1 aliphatic rings. The molecule has 2 heterocycles. The summed E-state index contributed by atoms with van der Waals surface area (Å²) in [5.74, 6) is 0.107. The van der Waals surface area contributed by atoms with Crippen molar-refractivity contribution in [2.75, 3.05) is 28.3 Å². The largest absolute Gasteiger partial charge is 0.368 e. The van der Waals surface area contributed by atoms with Crippen LogP contribution in [-0.4, -0.2) is 43.4 Å². The lowest BCUT2D eigenvalue weighted by atomic mass is 10.1. The van der Waals surface area contributed by atoms with Gasteiger partial charge in [-0.3, -0.25) is 9.78 Å². The molecule has 1 saturated heterocycles. The molecule has 6 nitrogen and oxygen atoms in total. The number of benzene rings is 1. The molecule has 144 valence electrons. The molecule has 1 fully saturated rings. The molecule has 27 heavy (non-hydrogen) atoms. The summed E-state index contributed by atoms with van der Waals surface area (Å²) in [6.07, 6.45) is 2.21. The third-order valence-corrected chi connectivity index (χ3v) is 6.77. The number of aromatic nitrogens is 1. The Morgan fingerprint density at radius 2 is 1.96 bits per heavy atom. The zero-order chi connectivity index (χ0) is 19.6. The van der Waals surface area contributed by atoms with Gasteiger partial charge in [-0.15, -0.1) is 0 Å². The molecule has 1 unspecified atom stereocenters. The van der Waals surface area contributed by atoms with Gasteiger partial charge in [0.2, 0.25) is 0 Å². The Kier molecular flexibility index (Phi) is 5.51. The molecule has 1 amide bonds. The van der Waals surface area contributed by atoms with Crippen molar-refractivity contribution in [2.45, 2.75) is 33.2 Å². The van der Waals surface area contributed by atoms with Crippen LogP contribution < -0.4 is 10.2 Å². The Balaban J connectivity index is 1.83. The lowest BCUT2D eigenvalue weighted by Gasteiger charge is -2.29. The first-order chi connectivity index (χ1) is 12.8. The number of amides is 1. The van der Waals surface area contributed by atoms with Crippen LogP contribution in [0.5, 0.6) is 0 Å². The number of nitrogens with one attached hydrogen (secondary N) is 1. The zero-order valence-electron chi connectivity index (χ0n) is 15.9. The lowest BCUT2D eigenvalue weighted by molar-refractivity contribution is 0.102. The minimum Gasteiger partial charge on any atom is -0.368 e. The van der Waals surface area contributed by atoms with Crippen molar-refractivity contribution in [1.29, 1.82) is 0 Å². The van der Waals surface area contributed by atoms with E-state index in [0.717, 1.165) is 22.5 Å². The first-order valence-corrected chi connectivity index (χ1v) is 10.9. The van der Waals surface area contributed by atoms with Crippen LogP contribution in [0.2, 0.25) is 0 Å². The van der Waals surface area contributed by atoms with Gasteiger partial charge in [0.1, 0.15) is 5.69 Å². The van der Waals surface area contributed by atoms with E-state index in [9.17, 15) is 13.2 Å². The van der Waals surface area contributed by atoms with Gasteiger partial charge in [-0.2, -0.15) is 0 Å². The molecular weight excluding hydrogens is 362 g/mol. The first kappa shape index (κ1) is 19.4. The number of nitrogens with zero attached hydrogens (tertiary/aromatic N) is 2. The van der Waals surface area contributed by atoms with Gasteiger partial charge in [-0.25, -0.2) is 8.42 Å². The van der Waals surface area contributed by atoms with E-state index < -0.39 is 9.84 Å². The monoisotopic (exact) mass is 387 g/mol. The van der Waals surface area contributed by atoms with E-state index in [2.05, 4.69) is 10.3 Å². The van der Waals surface area contributed by atoms with Gasteiger partial charge in [0.25, 0.3) is 5.91 Å². The number of rotatable bonds is 5. The summed E-state index contributed by atoms with van der Waals surface area (Å²) in [4.78, 5) is 19.0. The Morgan fingerprint density at radius 3 is 2.56 bits per heavy atom. The maximum atomic E-state index is 12.7. The van der Waals surface area contributed by atoms with Gasteiger partial charge >= 0.3 is 0 Å². The molecule has 0 radical (unpaired) electrons. The number of hydrogen-bond acceptors (Lipinski definition) is 5. The summed E-state index contributed by atoms with van der Waals surface area (Å²) < 4.78 is 23.7. The minimum absolute atomic E-state index is 0.0584. The molecule has 1 aliphatic heterocycles. The molecule has 0 aliphatic carbocycles. The molecule has 0 saturated carbocycles. The summed E-state index contributed by atoms with van der Waals surface area (Å²) in [7, 11) is -2.97. The van der Waals surface area contributed by atoms with Crippen LogP contribution in [0, 0.1) is 13.8 Å². The Morgan fingerprint density at radius 1 is 1.26 bits per heavy atom. The Bertz CT molecular complexity index is 936. The lowest BCUT2D eigenvalue weighted by Crippen LogP contribution is -2.36. The number of anilines is 2. The molecule has 1 aromatic carbocycles. The van der Waals surface area contributed by atoms with Gasteiger partial charge in [0.15, 0.2) is 9.84 Å². The fourth-order valence-corrected chi connectivity index (χ4v) is 5.31. The SMILES string of the molecule is CCN(c1ccnc(C(=O)Nc2c(C)cccc2C)c1)C1CCS(=O)(=O)C1. The van der Waals surface area contributed by atoms with Crippen LogP contribution in [0.15, 0.2) is 36.5 Å². The number of aryl methyl sites for hydroxylation is 2. The second-order valence-electron chi connectivity index (χ2n) is 6.96. The number of sulfone groups is 1. The van der Waals surface area contributed by atoms with Crippen LogP contribution in [0.4, 0.5) is 11.4 Å². The average molecular weight is 388 g/mol. The van der Waals surface area contributed by atoms with Crippen molar-refractivity contribution in [3.05, 3.63) is 53.3 Å². The van der Waals surface area contributed by atoms with Gasteiger partial charge in [-0.05, 0) is 50.5 Å². The predicted octanol–water partition coefficient (Wildman–Crippen LogP) is 2.96. The van der Waals surface area contributed by atoms with Crippen molar-refractivity contribution < 1.29 is 13.2 Å². The van der Waals surface area contributed by atoms with Crippen molar-refractivity contribution >= 4 is 27.1 Å². The second kappa shape index (κ2) is 7.68. The molecule has 1 N–H and O–H groups in total. The van der Waals surface area contributed by atoms with E-state index in [0.29, 0.717) is 18.7 Å². The second-order valence-corrected chi connectivity index (χ2v) is 9.19. The van der Waals surface area contributed by atoms with Crippen LogP contribution in [0.25, 0.3) is 0 Å². The maximum absolute atomic E-state index is 12.7. The van der Waals surface area contributed by atoms with E-state index in [-0.39, 0.29) is 23.5 Å². The summed E-state index contributed by atoms with van der Waals surface area (Å²) in [5.41, 5.74) is 3.91. The molecule has 2 aromatic rings. The number of pyridine rings is 1. The molecule has 0 spiro atoms. The van der Waals surface area contributed by atoms with Gasteiger partial charge in [-0.1, -0.05) is 18.2 Å². The van der Waals surface area contributed by atoms with Gasteiger partial charge < -0.3 is 10.2 Å². The predicted molar refractivity (Wildman–Crippen MR) is 108 cm³/mol. The number of hydrogen-bond donors (Lipinski definition) is 1. The smallest absolute Gasteiger partial charge is 0.274 e. The fraction of sp³-hybridized carbons (Fsp3) is 0.400. The first-order valence-electron chi connectivity index (χ1n) is 9.11. The highest BCUT2D eigenvalue weighted by atomic mass is 32.2. The summed E-state index contributed by atoms with van der Waals surface area (Å²) >= 11 is 0. The summed E-state index contributed by atoms with van der Waals surface area (Å²) in [6, 6.07) is 9.35. The van der Waals surface area contributed by atoms with Crippen LogP contribution in [0.1, 0.15) is 35.0 Å². The van der Waals surface area contributed by atoms with Gasteiger partial charge in [0.05, 0.1) is 11.5 Å². The van der Waals surface area contributed by atoms with Crippen molar-refractivity contribution in [3.8, 4) is 0 Å². The standard InChI is InChI=1S/C20H25N3O3S/c1-4-23(17-9-11-27(25,26)13-17)16-8-10-21-18(12-16)20(24)22-19-14(2)6-5-7-15(19)3/h5-8,10,12,17H,4,9,11,13H2,1-3H3,(H,22,24). The number of para-hydroxylation sites is 1. The molecule has 1 aromatic heterocycles. The van der Waals surface area contributed by atoms with Gasteiger partial charge in [0, 0.05) is 30.2 Å². The van der Waals surface area contributed by atoms with E-state index in [4.69, 9.17) is 0 Å². The van der Waals surface area contributed by atoms with Crippen molar-refractivity contribution in [3.63, 3.8) is 0 Å².